The van der Waals surface area contributed by atoms with Gasteiger partial charge in [-0.05, 0) is 31.2 Å². The highest BCUT2D eigenvalue weighted by molar-refractivity contribution is 7.89. The molecule has 0 unspecified atom stereocenters. The third kappa shape index (κ3) is 4.19. The number of aromatic nitrogens is 2. The highest BCUT2D eigenvalue weighted by Crippen LogP contribution is 2.32. The van der Waals surface area contributed by atoms with E-state index in [0.717, 1.165) is 27.8 Å². The maximum absolute atomic E-state index is 13.0. The van der Waals surface area contributed by atoms with Crippen molar-refractivity contribution in [3.05, 3.63) is 83.4 Å². The van der Waals surface area contributed by atoms with Crippen molar-refractivity contribution in [2.45, 2.75) is 11.8 Å². The summed E-state index contributed by atoms with van der Waals surface area (Å²) in [6.07, 6.45) is 0. The summed E-state index contributed by atoms with van der Waals surface area (Å²) in [5.74, 6) is 0.782. The molecule has 0 spiro atoms. The number of rotatable bonds is 4. The molecule has 8 heteroatoms. The second-order valence-corrected chi connectivity index (χ2v) is 10.5. The molecule has 0 bridgehead atoms. The van der Waals surface area contributed by atoms with Crippen LogP contribution in [0.2, 0.25) is 5.02 Å². The summed E-state index contributed by atoms with van der Waals surface area (Å²) in [6.45, 7) is 3.88. The fourth-order valence-corrected chi connectivity index (χ4v) is 5.69. The quantitative estimate of drug-likeness (QED) is 0.422. The number of aryl methyl sites for hydroxylation is 1. The van der Waals surface area contributed by atoms with E-state index < -0.39 is 10.0 Å². The van der Waals surface area contributed by atoms with E-state index in [-0.39, 0.29) is 4.90 Å². The number of hydrogen-bond acceptors (Lipinski definition) is 5. The first kappa shape index (κ1) is 21.8. The van der Waals surface area contributed by atoms with E-state index in [9.17, 15) is 8.42 Å². The molecule has 33 heavy (non-hydrogen) atoms. The van der Waals surface area contributed by atoms with Gasteiger partial charge in [0.15, 0.2) is 5.82 Å². The van der Waals surface area contributed by atoms with Gasteiger partial charge in [-0.25, -0.2) is 8.42 Å². The van der Waals surface area contributed by atoms with Crippen molar-refractivity contribution in [2.75, 3.05) is 31.1 Å². The van der Waals surface area contributed by atoms with E-state index in [1.807, 2.05) is 18.2 Å². The summed E-state index contributed by atoms with van der Waals surface area (Å²) in [7, 11) is -3.56. The Morgan fingerprint density at radius 1 is 0.788 bits per heavy atom. The zero-order chi connectivity index (χ0) is 23.0. The molecule has 0 radical (unpaired) electrons. The van der Waals surface area contributed by atoms with Gasteiger partial charge in [-0.2, -0.15) is 4.31 Å². The summed E-state index contributed by atoms with van der Waals surface area (Å²) in [4.78, 5) is 2.37. The zero-order valence-electron chi connectivity index (χ0n) is 18.1. The molecule has 0 amide bonds. The van der Waals surface area contributed by atoms with Crippen LogP contribution >= 0.6 is 11.6 Å². The van der Waals surface area contributed by atoms with Gasteiger partial charge in [-0.15, -0.1) is 10.2 Å². The normalized spacial score (nSPS) is 15.2. The molecule has 1 aliphatic heterocycles. The van der Waals surface area contributed by atoms with Crippen LogP contribution in [0.25, 0.3) is 22.0 Å². The number of piperazine rings is 1. The number of halogens is 1. The Morgan fingerprint density at radius 2 is 1.42 bits per heavy atom. The highest BCUT2D eigenvalue weighted by Gasteiger charge is 2.29. The average molecular weight is 479 g/mol. The molecular formula is C25H23ClN4O2S. The molecule has 3 aromatic carbocycles. The molecule has 168 valence electrons. The Balaban J connectivity index is 1.42. The maximum atomic E-state index is 13.0. The zero-order valence-corrected chi connectivity index (χ0v) is 19.7. The van der Waals surface area contributed by atoms with E-state index in [0.29, 0.717) is 31.2 Å². The summed E-state index contributed by atoms with van der Waals surface area (Å²) < 4.78 is 27.5. The molecule has 2 heterocycles. The molecule has 6 nitrogen and oxygen atoms in total. The fraction of sp³-hybridized carbons (Fsp3) is 0.200. The van der Waals surface area contributed by atoms with Crippen LogP contribution in [0.15, 0.2) is 77.7 Å². The van der Waals surface area contributed by atoms with Crippen LogP contribution in [-0.2, 0) is 10.0 Å². The van der Waals surface area contributed by atoms with Gasteiger partial charge < -0.3 is 4.90 Å². The molecule has 1 fully saturated rings. The van der Waals surface area contributed by atoms with Crippen molar-refractivity contribution in [3.63, 3.8) is 0 Å². The first-order chi connectivity index (χ1) is 15.9. The topological polar surface area (TPSA) is 66.4 Å². The third-order valence-electron chi connectivity index (χ3n) is 5.98. The molecule has 0 saturated carbocycles. The molecule has 4 aromatic rings. The van der Waals surface area contributed by atoms with Crippen molar-refractivity contribution in [1.29, 1.82) is 0 Å². The van der Waals surface area contributed by atoms with Crippen LogP contribution in [0.4, 0.5) is 5.82 Å². The summed E-state index contributed by atoms with van der Waals surface area (Å²) in [5.41, 5.74) is 3.06. The lowest BCUT2D eigenvalue weighted by Gasteiger charge is -2.35. The van der Waals surface area contributed by atoms with Crippen LogP contribution in [0.1, 0.15) is 5.56 Å². The highest BCUT2D eigenvalue weighted by atomic mass is 35.5. The van der Waals surface area contributed by atoms with Crippen LogP contribution in [0.5, 0.6) is 0 Å². The van der Waals surface area contributed by atoms with Gasteiger partial charge in [0.1, 0.15) is 5.69 Å². The van der Waals surface area contributed by atoms with Gasteiger partial charge in [-0.1, -0.05) is 65.7 Å². The van der Waals surface area contributed by atoms with Gasteiger partial charge in [0.05, 0.1) is 4.90 Å². The summed E-state index contributed by atoms with van der Waals surface area (Å²) in [6, 6.07) is 22.7. The lowest BCUT2D eigenvalue weighted by molar-refractivity contribution is 0.384. The second-order valence-electron chi connectivity index (χ2n) is 8.13. The molecule has 0 atom stereocenters. The molecule has 1 aliphatic rings. The van der Waals surface area contributed by atoms with E-state index in [2.05, 4.69) is 52.4 Å². The van der Waals surface area contributed by atoms with E-state index in [1.165, 1.54) is 9.87 Å². The molecule has 1 saturated heterocycles. The van der Waals surface area contributed by atoms with Crippen molar-refractivity contribution < 1.29 is 8.42 Å². The van der Waals surface area contributed by atoms with Crippen LogP contribution in [0, 0.1) is 6.92 Å². The molecule has 0 N–H and O–H groups in total. The number of benzene rings is 3. The summed E-state index contributed by atoms with van der Waals surface area (Å²) in [5, 5.41) is 11.7. The number of sulfonamides is 1. The van der Waals surface area contributed by atoms with Crippen LogP contribution in [-0.4, -0.2) is 49.1 Å². The predicted molar refractivity (Wildman–Crippen MR) is 132 cm³/mol. The Hall–Kier alpha value is -3.00. The van der Waals surface area contributed by atoms with Crippen molar-refractivity contribution in [1.82, 2.24) is 14.5 Å². The summed E-state index contributed by atoms with van der Waals surface area (Å²) >= 11 is 5.91. The SMILES string of the molecule is Cc1ccc(-c2nnc(N3CCN(S(=O)(=O)c4ccc(Cl)cc4)CC3)c3ccccc23)cc1. The van der Waals surface area contributed by atoms with Gasteiger partial charge in [0.25, 0.3) is 0 Å². The third-order valence-corrected chi connectivity index (χ3v) is 8.15. The lowest BCUT2D eigenvalue weighted by atomic mass is 10.0. The van der Waals surface area contributed by atoms with E-state index in [4.69, 9.17) is 11.6 Å². The first-order valence-corrected chi connectivity index (χ1v) is 12.6. The number of nitrogens with zero attached hydrogens (tertiary/aromatic N) is 4. The Bertz CT molecular complexity index is 1400. The van der Waals surface area contributed by atoms with Crippen LogP contribution < -0.4 is 4.90 Å². The van der Waals surface area contributed by atoms with Crippen molar-refractivity contribution in [2.24, 2.45) is 0 Å². The smallest absolute Gasteiger partial charge is 0.243 e. The molecule has 1 aromatic heterocycles. The first-order valence-electron chi connectivity index (χ1n) is 10.8. The van der Waals surface area contributed by atoms with Crippen molar-refractivity contribution in [3.8, 4) is 11.3 Å². The Kier molecular flexibility index (Phi) is 5.78. The van der Waals surface area contributed by atoms with E-state index in [1.54, 1.807) is 24.3 Å². The van der Waals surface area contributed by atoms with E-state index >= 15 is 0 Å². The monoisotopic (exact) mass is 478 g/mol. The molecular weight excluding hydrogens is 456 g/mol. The second kappa shape index (κ2) is 8.74. The molecule has 5 rings (SSSR count). The lowest BCUT2D eigenvalue weighted by Crippen LogP contribution is -2.49. The van der Waals surface area contributed by atoms with Crippen molar-refractivity contribution >= 4 is 38.2 Å². The van der Waals surface area contributed by atoms with Gasteiger partial charge >= 0.3 is 0 Å². The molecule has 0 aliphatic carbocycles. The standard InChI is InChI=1S/C25H23ClN4O2S/c1-18-6-8-19(9-7-18)24-22-4-2-3-5-23(22)25(28-27-24)29-14-16-30(17-15-29)33(31,32)21-12-10-20(26)11-13-21/h2-13H,14-17H2,1H3. The average Bonchev–Trinajstić information content (AvgIpc) is 2.84. The predicted octanol–water partition coefficient (Wildman–Crippen LogP) is 4.77. The van der Waals surface area contributed by atoms with Crippen LogP contribution in [0.3, 0.4) is 0 Å². The fourth-order valence-electron chi connectivity index (χ4n) is 4.14. The Morgan fingerprint density at radius 3 is 2.09 bits per heavy atom. The van der Waals surface area contributed by atoms with Gasteiger partial charge in [-0.3, -0.25) is 0 Å². The maximum Gasteiger partial charge on any atom is 0.243 e. The minimum absolute atomic E-state index is 0.257. The number of hydrogen-bond donors (Lipinski definition) is 0. The largest absolute Gasteiger partial charge is 0.352 e. The minimum Gasteiger partial charge on any atom is -0.352 e. The van der Waals surface area contributed by atoms with Gasteiger partial charge in [0.2, 0.25) is 10.0 Å². The number of fused-ring (bicyclic) bond motifs is 1. The van der Waals surface area contributed by atoms with Gasteiger partial charge in [0, 0.05) is 47.5 Å². The Labute approximate surface area is 198 Å². The minimum atomic E-state index is -3.56. The number of anilines is 1.